The third-order valence-corrected chi connectivity index (χ3v) is 4.94. The van der Waals surface area contributed by atoms with Gasteiger partial charge in [-0.25, -0.2) is 4.79 Å². The van der Waals surface area contributed by atoms with Crippen molar-refractivity contribution in [3.63, 3.8) is 0 Å². The number of benzene rings is 2. The van der Waals surface area contributed by atoms with Gasteiger partial charge in [-0.2, -0.15) is 0 Å². The van der Waals surface area contributed by atoms with Gasteiger partial charge in [0.25, 0.3) is 0 Å². The van der Waals surface area contributed by atoms with E-state index in [2.05, 4.69) is 4.90 Å². The van der Waals surface area contributed by atoms with Gasteiger partial charge in [0.15, 0.2) is 0 Å². The summed E-state index contributed by atoms with van der Waals surface area (Å²) >= 11 is 0. The predicted molar refractivity (Wildman–Crippen MR) is 98.0 cm³/mol. The molecule has 136 valence electrons. The van der Waals surface area contributed by atoms with Crippen LogP contribution in [-0.2, 0) is 9.53 Å². The number of esters is 1. The molecule has 2 aromatic rings. The molecule has 0 aliphatic carbocycles. The number of ether oxygens (including phenoxy) is 1. The number of hydrogen-bond acceptors (Lipinski definition) is 4. The number of methoxy groups -OCH3 is 1. The van der Waals surface area contributed by atoms with Crippen molar-refractivity contribution < 1.29 is 19.4 Å². The van der Waals surface area contributed by atoms with Crippen LogP contribution in [-0.4, -0.2) is 42.1 Å². The predicted octanol–water partition coefficient (Wildman–Crippen LogP) is 3.36. The molecule has 0 saturated carbocycles. The van der Waals surface area contributed by atoms with Crippen molar-refractivity contribution in [2.24, 2.45) is 5.92 Å². The number of carboxylic acid groups (broad SMARTS) is 1. The second-order valence-corrected chi connectivity index (χ2v) is 6.56. The molecule has 1 heterocycles. The number of likely N-dealkylation sites (tertiary alicyclic amines) is 1. The lowest BCUT2D eigenvalue weighted by atomic mass is 9.89. The molecule has 1 aliphatic rings. The summed E-state index contributed by atoms with van der Waals surface area (Å²) in [7, 11) is 1.37. The van der Waals surface area contributed by atoms with Crippen LogP contribution in [0.3, 0.4) is 0 Å². The number of carboxylic acids is 1. The summed E-state index contributed by atoms with van der Waals surface area (Å²) in [5.41, 5.74) is 2.40. The number of carbonyl (C=O) groups is 2. The van der Waals surface area contributed by atoms with Crippen molar-refractivity contribution in [1.82, 2.24) is 4.90 Å². The highest BCUT2D eigenvalue weighted by Gasteiger charge is 2.33. The van der Waals surface area contributed by atoms with E-state index in [1.165, 1.54) is 7.11 Å². The minimum atomic E-state index is -0.761. The van der Waals surface area contributed by atoms with Gasteiger partial charge < -0.3 is 9.84 Å². The lowest BCUT2D eigenvalue weighted by Crippen LogP contribution is -2.41. The zero-order valence-electron chi connectivity index (χ0n) is 14.8. The topological polar surface area (TPSA) is 66.8 Å². The van der Waals surface area contributed by atoms with Gasteiger partial charge in [-0.3, -0.25) is 9.69 Å². The molecular weight excluding hydrogens is 330 g/mol. The second kappa shape index (κ2) is 8.15. The summed E-state index contributed by atoms with van der Waals surface area (Å²) in [5, 5.41) is 9.46. The van der Waals surface area contributed by atoms with E-state index in [1.54, 1.807) is 6.07 Å². The third-order valence-electron chi connectivity index (χ3n) is 4.94. The van der Waals surface area contributed by atoms with Crippen LogP contribution in [0, 0.1) is 5.92 Å². The number of rotatable bonds is 5. The summed E-state index contributed by atoms with van der Waals surface area (Å²) in [6.45, 7) is 1.25. The molecule has 2 unspecified atom stereocenters. The Bertz CT molecular complexity index is 775. The number of piperidine rings is 1. The third kappa shape index (κ3) is 3.78. The second-order valence-electron chi connectivity index (χ2n) is 6.56. The van der Waals surface area contributed by atoms with Crippen LogP contribution in [0.15, 0.2) is 54.6 Å². The Morgan fingerprint density at radius 2 is 1.81 bits per heavy atom. The van der Waals surface area contributed by atoms with Crippen molar-refractivity contribution in [3.8, 4) is 0 Å². The van der Waals surface area contributed by atoms with Crippen molar-refractivity contribution in [1.29, 1.82) is 0 Å². The molecule has 0 spiro atoms. The van der Waals surface area contributed by atoms with Crippen LogP contribution < -0.4 is 0 Å². The Balaban J connectivity index is 2.06. The first kappa shape index (κ1) is 18.1. The lowest BCUT2D eigenvalue weighted by Gasteiger charge is -2.38. The van der Waals surface area contributed by atoms with Crippen molar-refractivity contribution in [2.75, 3.05) is 20.2 Å². The lowest BCUT2D eigenvalue weighted by molar-refractivity contribution is -0.143. The standard InChI is InChI=1S/C21H23NO4/c1-26-21(25)18-12-6-5-11-17(18)19(15-8-3-2-4-9-15)22-13-7-10-16(14-22)20(23)24/h2-6,8-9,11-12,16,19H,7,10,13-14H2,1H3,(H,23,24). The SMILES string of the molecule is COC(=O)c1ccccc1C(c1ccccc1)N1CCCC(C(=O)O)C1. The van der Waals surface area contributed by atoms with E-state index >= 15 is 0 Å². The van der Waals surface area contributed by atoms with Gasteiger partial charge in [-0.15, -0.1) is 0 Å². The Morgan fingerprint density at radius 3 is 2.50 bits per heavy atom. The van der Waals surface area contributed by atoms with E-state index in [-0.39, 0.29) is 17.9 Å². The van der Waals surface area contributed by atoms with Gasteiger partial charge in [-0.1, -0.05) is 48.5 Å². The number of aliphatic carboxylic acids is 1. The zero-order valence-corrected chi connectivity index (χ0v) is 14.8. The van der Waals surface area contributed by atoms with E-state index < -0.39 is 5.97 Å². The van der Waals surface area contributed by atoms with Gasteiger partial charge in [0, 0.05) is 6.54 Å². The molecule has 1 aliphatic heterocycles. The highest BCUT2D eigenvalue weighted by Crippen LogP contribution is 2.34. The van der Waals surface area contributed by atoms with Crippen LogP contribution in [0.2, 0.25) is 0 Å². The molecule has 5 nitrogen and oxygen atoms in total. The molecule has 0 amide bonds. The minimum absolute atomic E-state index is 0.186. The molecule has 3 rings (SSSR count). The first-order chi connectivity index (χ1) is 12.6. The minimum Gasteiger partial charge on any atom is -0.481 e. The summed E-state index contributed by atoms with van der Waals surface area (Å²) in [5.74, 6) is -1.53. The maximum absolute atomic E-state index is 12.3. The van der Waals surface area contributed by atoms with E-state index in [0.717, 1.165) is 24.1 Å². The van der Waals surface area contributed by atoms with Gasteiger partial charge in [-0.05, 0) is 36.6 Å². The number of carbonyl (C=O) groups excluding carboxylic acids is 1. The molecule has 1 fully saturated rings. The van der Waals surface area contributed by atoms with Gasteiger partial charge in [0.1, 0.15) is 0 Å². The Kier molecular flexibility index (Phi) is 5.68. The first-order valence-electron chi connectivity index (χ1n) is 8.81. The molecule has 26 heavy (non-hydrogen) atoms. The molecule has 5 heteroatoms. The zero-order chi connectivity index (χ0) is 18.5. The molecule has 2 aromatic carbocycles. The number of hydrogen-bond donors (Lipinski definition) is 1. The fourth-order valence-corrected chi connectivity index (χ4v) is 3.70. The van der Waals surface area contributed by atoms with E-state index in [9.17, 15) is 14.7 Å². The van der Waals surface area contributed by atoms with Crippen LogP contribution in [0.4, 0.5) is 0 Å². The van der Waals surface area contributed by atoms with Gasteiger partial charge in [0.2, 0.25) is 0 Å². The largest absolute Gasteiger partial charge is 0.481 e. The summed E-state index contributed by atoms with van der Waals surface area (Å²) in [6, 6.07) is 17.1. The molecule has 1 saturated heterocycles. The van der Waals surface area contributed by atoms with Gasteiger partial charge in [0.05, 0.1) is 24.6 Å². The molecule has 0 aromatic heterocycles. The summed E-state index contributed by atoms with van der Waals surface area (Å²) < 4.78 is 4.96. The number of nitrogens with zero attached hydrogens (tertiary/aromatic N) is 1. The Hall–Kier alpha value is -2.66. The smallest absolute Gasteiger partial charge is 0.338 e. The highest BCUT2D eigenvalue weighted by molar-refractivity contribution is 5.91. The summed E-state index contributed by atoms with van der Waals surface area (Å²) in [4.78, 5) is 26.0. The average molecular weight is 353 g/mol. The highest BCUT2D eigenvalue weighted by atomic mass is 16.5. The molecular formula is C21H23NO4. The maximum atomic E-state index is 12.3. The van der Waals surface area contributed by atoms with Crippen molar-refractivity contribution >= 4 is 11.9 Å². The summed E-state index contributed by atoms with van der Waals surface area (Å²) in [6.07, 6.45) is 1.51. The van der Waals surface area contributed by atoms with E-state index in [1.807, 2.05) is 48.5 Å². The molecule has 2 atom stereocenters. The normalized spacial score (nSPS) is 18.9. The average Bonchev–Trinajstić information content (AvgIpc) is 2.69. The van der Waals surface area contributed by atoms with Gasteiger partial charge >= 0.3 is 11.9 Å². The first-order valence-corrected chi connectivity index (χ1v) is 8.81. The fourth-order valence-electron chi connectivity index (χ4n) is 3.70. The maximum Gasteiger partial charge on any atom is 0.338 e. The van der Waals surface area contributed by atoms with Crippen LogP contribution in [0.25, 0.3) is 0 Å². The molecule has 1 N–H and O–H groups in total. The van der Waals surface area contributed by atoms with E-state index in [0.29, 0.717) is 18.5 Å². The fraction of sp³-hybridized carbons (Fsp3) is 0.333. The Labute approximate surface area is 153 Å². The monoisotopic (exact) mass is 353 g/mol. The van der Waals surface area contributed by atoms with Crippen LogP contribution in [0.1, 0.15) is 40.4 Å². The quantitative estimate of drug-likeness (QED) is 0.835. The van der Waals surface area contributed by atoms with Crippen molar-refractivity contribution in [2.45, 2.75) is 18.9 Å². The van der Waals surface area contributed by atoms with E-state index in [4.69, 9.17) is 4.74 Å². The molecule has 0 bridgehead atoms. The van der Waals surface area contributed by atoms with Crippen LogP contribution in [0.5, 0.6) is 0 Å². The van der Waals surface area contributed by atoms with Crippen LogP contribution >= 0.6 is 0 Å². The molecule has 0 radical (unpaired) electrons. The Morgan fingerprint density at radius 1 is 1.12 bits per heavy atom. The van der Waals surface area contributed by atoms with Crippen molar-refractivity contribution in [3.05, 3.63) is 71.3 Å².